The summed E-state index contributed by atoms with van der Waals surface area (Å²) < 4.78 is 0. The number of hydrogen-bond acceptors (Lipinski definition) is 2. The molecule has 2 unspecified atom stereocenters. The van der Waals surface area contributed by atoms with Crippen molar-refractivity contribution < 1.29 is 9.59 Å². The molecule has 1 fully saturated rings. The number of rotatable bonds is 3. The number of nitrogens with zero attached hydrogens (tertiary/aromatic N) is 2. The molecule has 0 bridgehead atoms. The highest BCUT2D eigenvalue weighted by molar-refractivity contribution is 6.07. The first-order valence-electron chi connectivity index (χ1n) is 7.66. The van der Waals surface area contributed by atoms with Gasteiger partial charge in [0.25, 0.3) is 0 Å². The maximum atomic E-state index is 12.8. The van der Waals surface area contributed by atoms with Gasteiger partial charge in [0.1, 0.15) is 0 Å². The fraction of sp³-hybridized carbons (Fsp3) is 0.529. The van der Waals surface area contributed by atoms with Crippen LogP contribution in [0.3, 0.4) is 0 Å². The molecule has 0 saturated carbocycles. The molecule has 4 heteroatoms. The van der Waals surface area contributed by atoms with Crippen LogP contribution in [0, 0.1) is 0 Å². The summed E-state index contributed by atoms with van der Waals surface area (Å²) >= 11 is 0. The Hall–Kier alpha value is -1.84. The second kappa shape index (κ2) is 4.86. The third-order valence-electron chi connectivity index (χ3n) is 5.07. The van der Waals surface area contributed by atoms with Gasteiger partial charge in [0.15, 0.2) is 0 Å². The number of benzene rings is 1. The van der Waals surface area contributed by atoms with E-state index in [0.717, 1.165) is 24.2 Å². The molecule has 4 nitrogen and oxygen atoms in total. The predicted octanol–water partition coefficient (Wildman–Crippen LogP) is 2.32. The quantitative estimate of drug-likeness (QED) is 0.855. The lowest BCUT2D eigenvalue weighted by Crippen LogP contribution is -2.43. The minimum atomic E-state index is -0.520. The van der Waals surface area contributed by atoms with Gasteiger partial charge >= 0.3 is 0 Å². The van der Waals surface area contributed by atoms with Gasteiger partial charge in [-0.2, -0.15) is 0 Å². The molecule has 2 aliphatic heterocycles. The van der Waals surface area contributed by atoms with Gasteiger partial charge in [-0.3, -0.25) is 9.59 Å². The van der Waals surface area contributed by atoms with E-state index in [1.54, 1.807) is 4.90 Å². The van der Waals surface area contributed by atoms with Crippen LogP contribution in [0.2, 0.25) is 0 Å². The van der Waals surface area contributed by atoms with E-state index in [9.17, 15) is 9.59 Å². The topological polar surface area (TPSA) is 40.6 Å². The van der Waals surface area contributed by atoms with E-state index in [2.05, 4.69) is 0 Å². The van der Waals surface area contributed by atoms with Gasteiger partial charge in [-0.1, -0.05) is 18.2 Å². The third kappa shape index (κ3) is 1.96. The van der Waals surface area contributed by atoms with Crippen molar-refractivity contribution in [2.75, 3.05) is 18.5 Å². The van der Waals surface area contributed by atoms with Gasteiger partial charge in [0, 0.05) is 31.7 Å². The average Bonchev–Trinajstić information content (AvgIpc) is 2.92. The van der Waals surface area contributed by atoms with Crippen molar-refractivity contribution in [2.24, 2.45) is 0 Å². The Morgan fingerprint density at radius 1 is 1.29 bits per heavy atom. The third-order valence-corrected chi connectivity index (χ3v) is 5.07. The summed E-state index contributed by atoms with van der Waals surface area (Å²) in [5, 5.41) is 0. The Kier molecular flexibility index (Phi) is 3.27. The van der Waals surface area contributed by atoms with Crippen LogP contribution in [-0.2, 0) is 15.0 Å². The zero-order valence-electron chi connectivity index (χ0n) is 12.9. The Morgan fingerprint density at radius 3 is 2.71 bits per heavy atom. The lowest BCUT2D eigenvalue weighted by molar-refractivity contribution is -0.130. The zero-order chi connectivity index (χ0) is 15.2. The van der Waals surface area contributed by atoms with Crippen LogP contribution in [0.25, 0.3) is 0 Å². The van der Waals surface area contributed by atoms with Crippen LogP contribution in [0.5, 0.6) is 0 Å². The molecule has 0 N–H and O–H groups in total. The first-order valence-corrected chi connectivity index (χ1v) is 7.66. The molecule has 0 radical (unpaired) electrons. The number of carbonyl (C=O) groups excluding carboxylic acids is 2. The van der Waals surface area contributed by atoms with E-state index >= 15 is 0 Å². The van der Waals surface area contributed by atoms with Crippen molar-refractivity contribution in [3.63, 3.8) is 0 Å². The first-order chi connectivity index (χ1) is 9.99. The van der Waals surface area contributed by atoms with Gasteiger partial charge in [0.05, 0.1) is 5.41 Å². The van der Waals surface area contributed by atoms with Crippen molar-refractivity contribution in [2.45, 2.75) is 44.6 Å². The highest BCUT2D eigenvalue weighted by atomic mass is 16.2. The monoisotopic (exact) mass is 286 g/mol. The zero-order valence-corrected chi connectivity index (χ0v) is 12.9. The summed E-state index contributed by atoms with van der Waals surface area (Å²) in [6.07, 6.45) is 2.19. The van der Waals surface area contributed by atoms with E-state index in [-0.39, 0.29) is 17.9 Å². The molecule has 2 amide bonds. The highest BCUT2D eigenvalue weighted by Crippen LogP contribution is 2.45. The van der Waals surface area contributed by atoms with E-state index < -0.39 is 5.41 Å². The minimum absolute atomic E-state index is 0.138. The summed E-state index contributed by atoms with van der Waals surface area (Å²) in [5.74, 6) is 0.359. The molecule has 0 spiro atoms. The van der Waals surface area contributed by atoms with E-state index in [4.69, 9.17) is 0 Å². The van der Waals surface area contributed by atoms with Crippen LogP contribution in [-0.4, -0.2) is 36.3 Å². The maximum Gasteiger partial charge on any atom is 0.237 e. The molecule has 1 aromatic carbocycles. The molecule has 1 aromatic rings. The second-order valence-corrected chi connectivity index (χ2v) is 6.29. The normalized spacial score (nSPS) is 28.4. The first kappa shape index (κ1) is 14.1. The summed E-state index contributed by atoms with van der Waals surface area (Å²) in [7, 11) is 1.84. The molecule has 0 aromatic heterocycles. The smallest absolute Gasteiger partial charge is 0.237 e. The van der Waals surface area contributed by atoms with Crippen LogP contribution in [0.15, 0.2) is 24.3 Å². The largest absolute Gasteiger partial charge is 0.340 e. The Bertz CT molecular complexity index is 598. The van der Waals surface area contributed by atoms with Crippen molar-refractivity contribution in [1.82, 2.24) is 4.90 Å². The molecule has 2 atom stereocenters. The standard InChI is InChI=1S/C17H22N2O2/c1-4-19-12(9-10-15(19)20)11-17(2)13-7-5-6-8-14(13)18(3)16(17)21/h5-8,12H,4,9-11H2,1-3H3. The van der Waals surface area contributed by atoms with E-state index in [1.165, 1.54) is 0 Å². The number of likely N-dealkylation sites (tertiary alicyclic amines) is 1. The minimum Gasteiger partial charge on any atom is -0.340 e. The molecule has 1 saturated heterocycles. The van der Waals surface area contributed by atoms with Crippen LogP contribution in [0.1, 0.15) is 38.7 Å². The highest BCUT2D eigenvalue weighted by Gasteiger charge is 2.48. The van der Waals surface area contributed by atoms with Crippen LogP contribution in [0.4, 0.5) is 5.69 Å². The second-order valence-electron chi connectivity index (χ2n) is 6.29. The lowest BCUT2D eigenvalue weighted by atomic mass is 9.77. The molecule has 3 rings (SSSR count). The summed E-state index contributed by atoms with van der Waals surface area (Å²) in [4.78, 5) is 28.4. The van der Waals surface area contributed by atoms with Crippen LogP contribution >= 0.6 is 0 Å². The van der Waals surface area contributed by atoms with Gasteiger partial charge in [0.2, 0.25) is 11.8 Å². The molecule has 0 aliphatic carbocycles. The maximum absolute atomic E-state index is 12.8. The number of hydrogen-bond donors (Lipinski definition) is 0. The fourth-order valence-electron chi connectivity index (χ4n) is 3.94. The van der Waals surface area contributed by atoms with Crippen molar-refractivity contribution in [1.29, 1.82) is 0 Å². The van der Waals surface area contributed by atoms with Crippen LogP contribution < -0.4 is 4.90 Å². The van der Waals surface area contributed by atoms with Crippen molar-refractivity contribution >= 4 is 17.5 Å². The molecule has 2 heterocycles. The van der Waals surface area contributed by atoms with E-state index in [0.29, 0.717) is 12.8 Å². The molecular weight excluding hydrogens is 264 g/mol. The summed E-state index contributed by atoms with van der Waals surface area (Å²) in [5.41, 5.74) is 1.57. The number of fused-ring (bicyclic) bond motifs is 1. The number of carbonyl (C=O) groups is 2. The molecular formula is C17H22N2O2. The Balaban J connectivity index is 1.94. The average molecular weight is 286 g/mol. The van der Waals surface area contributed by atoms with Gasteiger partial charge in [-0.05, 0) is 38.3 Å². The molecule has 21 heavy (non-hydrogen) atoms. The number of para-hydroxylation sites is 1. The summed E-state index contributed by atoms with van der Waals surface area (Å²) in [6, 6.07) is 8.17. The van der Waals surface area contributed by atoms with E-state index in [1.807, 2.05) is 50.1 Å². The lowest BCUT2D eigenvalue weighted by Gasteiger charge is -2.31. The summed E-state index contributed by atoms with van der Waals surface area (Å²) in [6.45, 7) is 4.76. The SMILES string of the molecule is CCN1C(=O)CCC1CC1(C)C(=O)N(C)c2ccccc21. The van der Waals surface area contributed by atoms with Crippen molar-refractivity contribution in [3.8, 4) is 0 Å². The predicted molar refractivity (Wildman–Crippen MR) is 82.2 cm³/mol. The number of likely N-dealkylation sites (N-methyl/N-ethyl adjacent to an activating group) is 1. The Labute approximate surface area is 125 Å². The molecule has 2 aliphatic rings. The number of amides is 2. The molecule has 112 valence electrons. The Morgan fingerprint density at radius 2 is 2.00 bits per heavy atom. The number of anilines is 1. The van der Waals surface area contributed by atoms with Gasteiger partial charge in [-0.15, -0.1) is 0 Å². The van der Waals surface area contributed by atoms with Gasteiger partial charge in [-0.25, -0.2) is 0 Å². The fourth-order valence-corrected chi connectivity index (χ4v) is 3.94. The van der Waals surface area contributed by atoms with Gasteiger partial charge < -0.3 is 9.80 Å². The van der Waals surface area contributed by atoms with Crippen molar-refractivity contribution in [3.05, 3.63) is 29.8 Å².